The van der Waals surface area contributed by atoms with E-state index in [1.165, 1.54) is 12.6 Å². The third-order valence-electron chi connectivity index (χ3n) is 6.20. The van der Waals surface area contributed by atoms with Crippen molar-refractivity contribution in [3.05, 3.63) is 41.6 Å². The second-order valence-electron chi connectivity index (χ2n) is 7.94. The van der Waals surface area contributed by atoms with E-state index < -0.39 is 11.7 Å². The van der Waals surface area contributed by atoms with Crippen LogP contribution in [-0.2, 0) is 19.1 Å². The third-order valence-corrected chi connectivity index (χ3v) is 6.20. The summed E-state index contributed by atoms with van der Waals surface area (Å²) in [6.07, 6.45) is 2.48. The van der Waals surface area contributed by atoms with Crippen molar-refractivity contribution >= 4 is 11.5 Å². The third kappa shape index (κ3) is 3.07. The monoisotopic (exact) mass is 390 g/mol. The first-order chi connectivity index (χ1) is 13.4. The maximum atomic E-state index is 13.0. The first kappa shape index (κ1) is 17.7. The van der Waals surface area contributed by atoms with Gasteiger partial charge in [-0.2, -0.15) is 13.2 Å². The van der Waals surface area contributed by atoms with Gasteiger partial charge in [-0.15, -0.1) is 0 Å². The molecule has 1 saturated heterocycles. The van der Waals surface area contributed by atoms with E-state index in [2.05, 4.69) is 25.6 Å². The molecule has 2 aromatic heterocycles. The Kier molecular flexibility index (Phi) is 3.97. The predicted molar refractivity (Wildman–Crippen MR) is 98.0 cm³/mol. The molecule has 5 rings (SSSR count). The molecular formula is C19H21F3N6. The van der Waals surface area contributed by atoms with Crippen LogP contribution in [0.3, 0.4) is 0 Å². The topological polar surface area (TPSA) is 66.0 Å². The average molecular weight is 390 g/mol. The highest BCUT2D eigenvalue weighted by atomic mass is 19.4. The zero-order chi connectivity index (χ0) is 19.4. The number of halogens is 3. The number of alkyl halides is 3. The van der Waals surface area contributed by atoms with E-state index in [0.29, 0.717) is 36.7 Å². The molecule has 1 spiro atoms. The van der Waals surface area contributed by atoms with E-state index in [4.69, 9.17) is 0 Å². The van der Waals surface area contributed by atoms with Gasteiger partial charge in [0.2, 0.25) is 0 Å². The Balaban J connectivity index is 1.38. The summed E-state index contributed by atoms with van der Waals surface area (Å²) < 4.78 is 39.1. The second kappa shape index (κ2) is 6.30. The Labute approximate surface area is 160 Å². The van der Waals surface area contributed by atoms with Crippen LogP contribution < -0.4 is 15.5 Å². The molecule has 2 atom stereocenters. The lowest BCUT2D eigenvalue weighted by Crippen LogP contribution is -2.32. The Morgan fingerprint density at radius 2 is 2.14 bits per heavy atom. The molecule has 9 heteroatoms. The molecule has 3 aliphatic rings. The summed E-state index contributed by atoms with van der Waals surface area (Å²) in [5.41, 5.74) is 2.01. The number of nitrogens with one attached hydrogen (secondary N) is 2. The SMILES string of the molecule is FC(F)(F)c1cncc(N2CCc3ncnc(NC4CC45CCNC5)c3C2)c1. The van der Waals surface area contributed by atoms with Gasteiger partial charge >= 0.3 is 6.18 Å². The minimum absolute atomic E-state index is 0.331. The van der Waals surface area contributed by atoms with E-state index in [-0.39, 0.29) is 0 Å². The van der Waals surface area contributed by atoms with Crippen LogP contribution in [0.4, 0.5) is 24.7 Å². The molecule has 0 aromatic carbocycles. The number of hydrogen-bond donors (Lipinski definition) is 2. The largest absolute Gasteiger partial charge is 0.417 e. The molecule has 1 saturated carbocycles. The van der Waals surface area contributed by atoms with Crippen LogP contribution >= 0.6 is 0 Å². The Morgan fingerprint density at radius 1 is 1.25 bits per heavy atom. The van der Waals surface area contributed by atoms with Gasteiger partial charge in [-0.1, -0.05) is 0 Å². The summed E-state index contributed by atoms with van der Waals surface area (Å²) in [4.78, 5) is 14.6. The van der Waals surface area contributed by atoms with Crippen LogP contribution in [0.5, 0.6) is 0 Å². The van der Waals surface area contributed by atoms with Crippen molar-refractivity contribution in [2.75, 3.05) is 29.9 Å². The lowest BCUT2D eigenvalue weighted by molar-refractivity contribution is -0.137. The summed E-state index contributed by atoms with van der Waals surface area (Å²) in [6.45, 7) is 3.15. The zero-order valence-corrected chi connectivity index (χ0v) is 15.3. The van der Waals surface area contributed by atoms with E-state index in [0.717, 1.165) is 48.8 Å². The number of hydrogen-bond acceptors (Lipinski definition) is 6. The molecule has 2 aromatic rings. The second-order valence-corrected chi connectivity index (χ2v) is 7.94. The minimum Gasteiger partial charge on any atom is -0.366 e. The first-order valence-corrected chi connectivity index (χ1v) is 9.52. The zero-order valence-electron chi connectivity index (χ0n) is 15.3. The van der Waals surface area contributed by atoms with Gasteiger partial charge in [-0.3, -0.25) is 4.98 Å². The van der Waals surface area contributed by atoms with Gasteiger partial charge in [0.25, 0.3) is 0 Å². The van der Waals surface area contributed by atoms with Gasteiger partial charge in [0, 0.05) is 49.3 Å². The maximum absolute atomic E-state index is 13.0. The number of aromatic nitrogens is 3. The van der Waals surface area contributed by atoms with Crippen LogP contribution in [-0.4, -0.2) is 40.6 Å². The molecule has 0 amide bonds. The van der Waals surface area contributed by atoms with Crippen LogP contribution in [0.15, 0.2) is 24.8 Å². The van der Waals surface area contributed by atoms with Gasteiger partial charge in [-0.25, -0.2) is 9.97 Å². The smallest absolute Gasteiger partial charge is 0.366 e. The first-order valence-electron chi connectivity index (χ1n) is 9.52. The molecule has 2 fully saturated rings. The molecule has 2 unspecified atom stereocenters. The molecule has 1 aliphatic carbocycles. The fraction of sp³-hybridized carbons (Fsp3) is 0.526. The van der Waals surface area contributed by atoms with Crippen LogP contribution in [0.2, 0.25) is 0 Å². The number of fused-ring (bicyclic) bond motifs is 1. The Bertz CT molecular complexity index is 893. The maximum Gasteiger partial charge on any atom is 0.417 e. The van der Waals surface area contributed by atoms with Crippen molar-refractivity contribution in [2.45, 2.75) is 38.0 Å². The summed E-state index contributed by atoms with van der Waals surface area (Å²) in [5.74, 6) is 0.809. The predicted octanol–water partition coefficient (Wildman–Crippen LogP) is 2.62. The quantitative estimate of drug-likeness (QED) is 0.840. The van der Waals surface area contributed by atoms with Crippen molar-refractivity contribution in [2.24, 2.45) is 5.41 Å². The van der Waals surface area contributed by atoms with Crippen LogP contribution in [0.25, 0.3) is 0 Å². The number of nitrogens with zero attached hydrogens (tertiary/aromatic N) is 4. The van der Waals surface area contributed by atoms with Gasteiger partial charge < -0.3 is 15.5 Å². The molecule has 2 aliphatic heterocycles. The molecule has 0 bridgehead atoms. The highest BCUT2D eigenvalue weighted by Gasteiger charge is 2.55. The average Bonchev–Trinajstić information content (AvgIpc) is 3.12. The van der Waals surface area contributed by atoms with E-state index in [9.17, 15) is 13.2 Å². The molecule has 0 radical (unpaired) electrons. The molecule has 2 N–H and O–H groups in total. The lowest BCUT2D eigenvalue weighted by Gasteiger charge is -2.31. The Morgan fingerprint density at radius 3 is 2.93 bits per heavy atom. The summed E-state index contributed by atoms with van der Waals surface area (Å²) >= 11 is 0. The van der Waals surface area contributed by atoms with E-state index in [1.807, 2.05) is 4.90 Å². The van der Waals surface area contributed by atoms with Crippen molar-refractivity contribution in [3.8, 4) is 0 Å². The van der Waals surface area contributed by atoms with Crippen molar-refractivity contribution in [1.29, 1.82) is 0 Å². The van der Waals surface area contributed by atoms with Crippen molar-refractivity contribution in [3.63, 3.8) is 0 Å². The van der Waals surface area contributed by atoms with Crippen molar-refractivity contribution in [1.82, 2.24) is 20.3 Å². The van der Waals surface area contributed by atoms with Gasteiger partial charge in [-0.05, 0) is 25.5 Å². The summed E-state index contributed by atoms with van der Waals surface area (Å²) in [7, 11) is 0. The fourth-order valence-electron chi connectivity index (χ4n) is 4.39. The van der Waals surface area contributed by atoms with Crippen molar-refractivity contribution < 1.29 is 13.2 Å². The van der Waals surface area contributed by atoms with Gasteiger partial charge in [0.05, 0.1) is 23.1 Å². The van der Waals surface area contributed by atoms with Gasteiger partial charge in [0.1, 0.15) is 12.1 Å². The Hall–Kier alpha value is -2.42. The lowest BCUT2D eigenvalue weighted by atomic mass is 10.0. The molecule has 148 valence electrons. The minimum atomic E-state index is -4.40. The highest BCUT2D eigenvalue weighted by molar-refractivity contribution is 5.55. The highest BCUT2D eigenvalue weighted by Crippen LogP contribution is 2.52. The fourth-order valence-corrected chi connectivity index (χ4v) is 4.39. The van der Waals surface area contributed by atoms with E-state index in [1.54, 1.807) is 6.33 Å². The van der Waals surface area contributed by atoms with Crippen LogP contribution in [0.1, 0.15) is 29.7 Å². The molecule has 4 heterocycles. The number of rotatable bonds is 3. The molecular weight excluding hydrogens is 369 g/mol. The summed E-state index contributed by atoms with van der Waals surface area (Å²) in [6, 6.07) is 1.56. The van der Waals surface area contributed by atoms with Crippen LogP contribution in [0, 0.1) is 5.41 Å². The van der Waals surface area contributed by atoms with E-state index >= 15 is 0 Å². The molecule has 28 heavy (non-hydrogen) atoms. The normalized spacial score (nSPS) is 26.4. The number of anilines is 2. The number of pyridine rings is 1. The summed E-state index contributed by atoms with van der Waals surface area (Å²) in [5, 5.41) is 6.99. The molecule has 6 nitrogen and oxygen atoms in total. The standard InChI is InChI=1S/C19H21F3N6/c20-19(21,22)12-5-13(8-24-7-12)28-4-1-15-14(9-28)17(26-11-25-15)27-16-6-18(16)2-3-23-10-18/h5,7-8,11,16,23H,1-4,6,9-10H2,(H,25,26,27). The van der Waals surface area contributed by atoms with Gasteiger partial charge in [0.15, 0.2) is 0 Å².